The molecule has 16 heavy (non-hydrogen) atoms. The quantitative estimate of drug-likeness (QED) is 0.827. The third kappa shape index (κ3) is 2.51. The SMILES string of the molecule is O=C(N[C@H]1CCNC1)c1ccc(Cl)cc1F. The molecule has 1 fully saturated rings. The number of carbonyl (C=O) groups excluding carboxylic acids is 1. The van der Waals surface area contributed by atoms with Crippen LogP contribution < -0.4 is 10.6 Å². The van der Waals surface area contributed by atoms with Crippen molar-refractivity contribution in [3.05, 3.63) is 34.6 Å². The van der Waals surface area contributed by atoms with Crippen molar-refractivity contribution in [3.8, 4) is 0 Å². The lowest BCUT2D eigenvalue weighted by molar-refractivity contribution is 0.0936. The van der Waals surface area contributed by atoms with Crippen LogP contribution in [0.25, 0.3) is 0 Å². The zero-order chi connectivity index (χ0) is 11.5. The van der Waals surface area contributed by atoms with Gasteiger partial charge in [-0.3, -0.25) is 4.79 Å². The summed E-state index contributed by atoms with van der Waals surface area (Å²) in [7, 11) is 0. The van der Waals surface area contributed by atoms with Crippen molar-refractivity contribution in [2.45, 2.75) is 12.5 Å². The van der Waals surface area contributed by atoms with Gasteiger partial charge in [0.2, 0.25) is 0 Å². The number of benzene rings is 1. The molecule has 0 bridgehead atoms. The fourth-order valence-corrected chi connectivity index (χ4v) is 1.87. The Balaban J connectivity index is 2.08. The highest BCUT2D eigenvalue weighted by Crippen LogP contribution is 2.14. The molecule has 3 nitrogen and oxygen atoms in total. The largest absolute Gasteiger partial charge is 0.348 e. The maximum absolute atomic E-state index is 13.4. The summed E-state index contributed by atoms with van der Waals surface area (Å²) in [6.07, 6.45) is 0.876. The van der Waals surface area contributed by atoms with Crippen LogP contribution in [-0.2, 0) is 0 Å². The molecule has 1 aliphatic heterocycles. The summed E-state index contributed by atoms with van der Waals surface area (Å²) in [6, 6.07) is 4.13. The Morgan fingerprint density at radius 3 is 3.00 bits per heavy atom. The summed E-state index contributed by atoms with van der Waals surface area (Å²) >= 11 is 5.61. The van der Waals surface area contributed by atoms with Gasteiger partial charge in [-0.15, -0.1) is 0 Å². The van der Waals surface area contributed by atoms with Gasteiger partial charge in [0.05, 0.1) is 5.56 Å². The lowest BCUT2D eigenvalue weighted by Crippen LogP contribution is -2.36. The van der Waals surface area contributed by atoms with Gasteiger partial charge in [0.25, 0.3) is 5.91 Å². The Labute approximate surface area is 98.0 Å². The maximum Gasteiger partial charge on any atom is 0.254 e. The highest BCUT2D eigenvalue weighted by Gasteiger charge is 2.19. The van der Waals surface area contributed by atoms with E-state index in [-0.39, 0.29) is 22.5 Å². The number of carbonyl (C=O) groups is 1. The maximum atomic E-state index is 13.4. The van der Waals surface area contributed by atoms with E-state index in [9.17, 15) is 9.18 Å². The van der Waals surface area contributed by atoms with Crippen molar-refractivity contribution in [2.24, 2.45) is 0 Å². The zero-order valence-electron chi connectivity index (χ0n) is 8.59. The first-order chi connectivity index (χ1) is 7.66. The Morgan fingerprint density at radius 1 is 1.56 bits per heavy atom. The second kappa shape index (κ2) is 4.80. The van der Waals surface area contributed by atoms with Crippen LogP contribution in [0.3, 0.4) is 0 Å². The molecular weight excluding hydrogens is 231 g/mol. The van der Waals surface area contributed by atoms with E-state index in [4.69, 9.17) is 11.6 Å². The smallest absolute Gasteiger partial charge is 0.254 e. The number of nitrogens with one attached hydrogen (secondary N) is 2. The van der Waals surface area contributed by atoms with E-state index in [1.807, 2.05) is 0 Å². The molecule has 0 saturated carbocycles. The number of hydrogen-bond acceptors (Lipinski definition) is 2. The molecular formula is C11H12ClFN2O. The van der Waals surface area contributed by atoms with Gasteiger partial charge in [-0.05, 0) is 31.2 Å². The minimum absolute atomic E-state index is 0.0382. The fourth-order valence-electron chi connectivity index (χ4n) is 1.71. The van der Waals surface area contributed by atoms with E-state index < -0.39 is 5.82 Å². The zero-order valence-corrected chi connectivity index (χ0v) is 9.35. The molecule has 1 atom stereocenters. The molecule has 0 radical (unpaired) electrons. The molecule has 1 saturated heterocycles. The number of amides is 1. The first kappa shape index (κ1) is 11.4. The topological polar surface area (TPSA) is 41.1 Å². The average Bonchev–Trinajstić information content (AvgIpc) is 2.70. The lowest BCUT2D eigenvalue weighted by Gasteiger charge is -2.11. The second-order valence-corrected chi connectivity index (χ2v) is 4.22. The van der Waals surface area contributed by atoms with Crippen LogP contribution >= 0.6 is 11.6 Å². The lowest BCUT2D eigenvalue weighted by atomic mass is 10.1. The first-order valence-electron chi connectivity index (χ1n) is 5.13. The summed E-state index contributed by atoms with van der Waals surface area (Å²) in [5.41, 5.74) is 0.0382. The van der Waals surface area contributed by atoms with Crippen molar-refractivity contribution >= 4 is 17.5 Å². The van der Waals surface area contributed by atoms with Crippen LogP contribution in [0.1, 0.15) is 16.8 Å². The molecule has 1 heterocycles. The molecule has 0 spiro atoms. The number of halogens is 2. The second-order valence-electron chi connectivity index (χ2n) is 3.79. The Hall–Kier alpha value is -1.13. The van der Waals surface area contributed by atoms with Crippen LogP contribution in [0.2, 0.25) is 5.02 Å². The predicted molar refractivity (Wildman–Crippen MR) is 60.2 cm³/mol. The van der Waals surface area contributed by atoms with Crippen LogP contribution in [0.5, 0.6) is 0 Å². The van der Waals surface area contributed by atoms with Crippen LogP contribution in [0.15, 0.2) is 18.2 Å². The molecule has 0 aliphatic carbocycles. The summed E-state index contributed by atoms with van der Waals surface area (Å²) in [5.74, 6) is -0.973. The monoisotopic (exact) mass is 242 g/mol. The van der Waals surface area contributed by atoms with Gasteiger partial charge in [-0.2, -0.15) is 0 Å². The van der Waals surface area contributed by atoms with Crippen molar-refractivity contribution in [3.63, 3.8) is 0 Å². The Morgan fingerprint density at radius 2 is 2.38 bits per heavy atom. The highest BCUT2D eigenvalue weighted by atomic mass is 35.5. The van der Waals surface area contributed by atoms with Gasteiger partial charge in [0.1, 0.15) is 5.82 Å². The van der Waals surface area contributed by atoms with Crippen molar-refractivity contribution in [2.75, 3.05) is 13.1 Å². The van der Waals surface area contributed by atoms with Crippen LogP contribution in [-0.4, -0.2) is 25.0 Å². The molecule has 2 N–H and O–H groups in total. The molecule has 86 valence electrons. The standard InChI is InChI=1S/C11H12ClFN2O/c12-7-1-2-9(10(13)5-7)11(16)15-8-3-4-14-6-8/h1-2,5,8,14H,3-4,6H2,(H,15,16)/t8-/m0/s1. The van der Waals surface area contributed by atoms with E-state index in [2.05, 4.69) is 10.6 Å². The van der Waals surface area contributed by atoms with Crippen molar-refractivity contribution in [1.29, 1.82) is 0 Å². The summed E-state index contributed by atoms with van der Waals surface area (Å²) in [4.78, 5) is 11.7. The van der Waals surface area contributed by atoms with Gasteiger partial charge in [0.15, 0.2) is 0 Å². The van der Waals surface area contributed by atoms with Gasteiger partial charge >= 0.3 is 0 Å². The Kier molecular flexibility index (Phi) is 3.41. The molecule has 1 aromatic rings. The average molecular weight is 243 g/mol. The van der Waals surface area contributed by atoms with E-state index in [0.717, 1.165) is 25.6 Å². The van der Waals surface area contributed by atoms with Gasteiger partial charge < -0.3 is 10.6 Å². The summed E-state index contributed by atoms with van der Waals surface area (Å²) < 4.78 is 13.4. The van der Waals surface area contributed by atoms with Crippen LogP contribution in [0.4, 0.5) is 4.39 Å². The minimum Gasteiger partial charge on any atom is -0.348 e. The van der Waals surface area contributed by atoms with Crippen molar-refractivity contribution < 1.29 is 9.18 Å². The first-order valence-corrected chi connectivity index (χ1v) is 5.51. The third-order valence-electron chi connectivity index (χ3n) is 2.57. The third-order valence-corrected chi connectivity index (χ3v) is 2.81. The molecule has 1 aliphatic rings. The van der Waals surface area contributed by atoms with E-state index in [1.165, 1.54) is 12.1 Å². The molecule has 0 aromatic heterocycles. The number of rotatable bonds is 2. The van der Waals surface area contributed by atoms with E-state index in [1.54, 1.807) is 0 Å². The normalized spacial score (nSPS) is 19.8. The predicted octanol–water partition coefficient (Wildman–Crippen LogP) is 1.57. The molecule has 1 aromatic carbocycles. The Bertz CT molecular complexity index is 405. The van der Waals surface area contributed by atoms with Gasteiger partial charge in [0, 0.05) is 17.6 Å². The number of hydrogen-bond donors (Lipinski definition) is 2. The van der Waals surface area contributed by atoms with Gasteiger partial charge in [-0.25, -0.2) is 4.39 Å². The highest BCUT2D eigenvalue weighted by molar-refractivity contribution is 6.30. The van der Waals surface area contributed by atoms with Crippen LogP contribution in [0, 0.1) is 5.82 Å². The van der Waals surface area contributed by atoms with Gasteiger partial charge in [-0.1, -0.05) is 11.6 Å². The molecule has 0 unspecified atom stereocenters. The van der Waals surface area contributed by atoms with Crippen molar-refractivity contribution in [1.82, 2.24) is 10.6 Å². The molecule has 5 heteroatoms. The van der Waals surface area contributed by atoms with E-state index in [0.29, 0.717) is 0 Å². The van der Waals surface area contributed by atoms with E-state index >= 15 is 0 Å². The minimum atomic E-state index is -0.587. The summed E-state index contributed by atoms with van der Waals surface area (Å²) in [5, 5.41) is 6.18. The molecule has 2 rings (SSSR count). The fraction of sp³-hybridized carbons (Fsp3) is 0.364. The molecule has 1 amide bonds. The summed E-state index contributed by atoms with van der Waals surface area (Å²) in [6.45, 7) is 1.62.